The molecule has 2 heterocycles. The number of carboxylic acid groups (broad SMARTS) is 1. The van der Waals surface area contributed by atoms with Gasteiger partial charge in [-0.25, -0.2) is 9.18 Å². The third kappa shape index (κ3) is 7.97. The number of hydrogen-bond acceptors (Lipinski definition) is 6. The molecular weight excluding hydrogens is 443 g/mol. The molecule has 0 aromatic heterocycles. The normalized spacial score (nSPS) is 18.3. The summed E-state index contributed by atoms with van der Waals surface area (Å²) in [6.45, 7) is 2.79. The van der Waals surface area contributed by atoms with Crippen LogP contribution in [0.25, 0.3) is 0 Å². The molecule has 2 saturated heterocycles. The van der Waals surface area contributed by atoms with E-state index in [1.807, 2.05) is 4.90 Å². The number of amides is 1. The van der Waals surface area contributed by atoms with Crippen molar-refractivity contribution in [3.63, 3.8) is 0 Å². The summed E-state index contributed by atoms with van der Waals surface area (Å²) in [6, 6.07) is 4.83. The standard InChI is InChI=1S/C25H35FN2O6/c26-22-17-19(11-12-23(22)27-13-15-33-16-14-27)28-18-21(34-25(28)32)9-6-5-8-20(29)7-3-1-2-4-10-24(30)31/h11-12,17,21H,1-10,13-16,18H2,(H,30,31)/t21-/m0/s1. The first-order valence-corrected chi connectivity index (χ1v) is 12.3. The van der Waals surface area contributed by atoms with Gasteiger partial charge < -0.3 is 19.5 Å². The second kappa shape index (κ2) is 13.3. The highest BCUT2D eigenvalue weighted by Crippen LogP contribution is 2.29. The maximum Gasteiger partial charge on any atom is 0.414 e. The number of ketones is 1. The molecule has 1 aromatic carbocycles. The number of halogens is 1. The molecule has 3 rings (SSSR count). The number of cyclic esters (lactones) is 1. The summed E-state index contributed by atoms with van der Waals surface area (Å²) < 4.78 is 25.5. The van der Waals surface area contributed by atoms with Crippen LogP contribution in [0.5, 0.6) is 0 Å². The molecule has 34 heavy (non-hydrogen) atoms. The van der Waals surface area contributed by atoms with E-state index < -0.39 is 12.1 Å². The summed E-state index contributed by atoms with van der Waals surface area (Å²) in [6.07, 6.45) is 5.85. The zero-order chi connectivity index (χ0) is 24.3. The summed E-state index contributed by atoms with van der Waals surface area (Å²) in [5, 5.41) is 8.61. The van der Waals surface area contributed by atoms with Crippen molar-refractivity contribution < 1.29 is 33.4 Å². The molecule has 0 radical (unpaired) electrons. The van der Waals surface area contributed by atoms with Gasteiger partial charge in [-0.15, -0.1) is 0 Å². The number of aliphatic carboxylic acids is 1. The van der Waals surface area contributed by atoms with Gasteiger partial charge >= 0.3 is 12.1 Å². The van der Waals surface area contributed by atoms with Crippen molar-refractivity contribution in [1.29, 1.82) is 0 Å². The molecular formula is C25H35FN2O6. The fraction of sp³-hybridized carbons (Fsp3) is 0.640. The maximum atomic E-state index is 14.7. The first-order valence-electron chi connectivity index (χ1n) is 12.3. The Hall–Kier alpha value is -2.68. The summed E-state index contributed by atoms with van der Waals surface area (Å²) in [4.78, 5) is 38.2. The quantitative estimate of drug-likeness (QED) is 0.392. The molecule has 0 bridgehead atoms. The Morgan fingerprint density at radius 3 is 2.35 bits per heavy atom. The van der Waals surface area contributed by atoms with Gasteiger partial charge in [0.15, 0.2) is 0 Å². The molecule has 2 aliphatic heterocycles. The third-order valence-electron chi connectivity index (χ3n) is 6.30. The Morgan fingerprint density at radius 1 is 1.00 bits per heavy atom. The van der Waals surface area contributed by atoms with Crippen LogP contribution in [-0.4, -0.2) is 61.9 Å². The number of ether oxygens (including phenoxy) is 2. The highest BCUT2D eigenvalue weighted by atomic mass is 19.1. The number of anilines is 2. The lowest BCUT2D eigenvalue weighted by atomic mass is 10.0. The molecule has 1 aromatic rings. The zero-order valence-electron chi connectivity index (χ0n) is 19.7. The SMILES string of the molecule is O=C(O)CCCCCCC(=O)CCCC[C@H]1CN(c2ccc(N3CCOCC3)c(F)c2)C(=O)O1. The van der Waals surface area contributed by atoms with E-state index in [4.69, 9.17) is 14.6 Å². The smallest absolute Gasteiger partial charge is 0.414 e. The molecule has 8 nitrogen and oxygen atoms in total. The Balaban J connectivity index is 1.34. The van der Waals surface area contributed by atoms with E-state index in [-0.39, 0.29) is 24.1 Å². The molecule has 1 amide bonds. The minimum Gasteiger partial charge on any atom is -0.481 e. The molecule has 2 fully saturated rings. The number of Topliss-reactive ketones (excluding diaryl/α,β-unsaturated/α-hetero) is 1. The van der Waals surface area contributed by atoms with E-state index in [1.54, 1.807) is 12.1 Å². The monoisotopic (exact) mass is 478 g/mol. The summed E-state index contributed by atoms with van der Waals surface area (Å²) >= 11 is 0. The van der Waals surface area contributed by atoms with Crippen LogP contribution in [0.3, 0.4) is 0 Å². The van der Waals surface area contributed by atoms with Gasteiger partial charge in [0.25, 0.3) is 0 Å². The molecule has 0 spiro atoms. The van der Waals surface area contributed by atoms with Crippen molar-refractivity contribution in [1.82, 2.24) is 0 Å². The van der Waals surface area contributed by atoms with Crippen LogP contribution >= 0.6 is 0 Å². The molecule has 1 N–H and O–H groups in total. The molecule has 188 valence electrons. The number of nitrogens with zero attached hydrogens (tertiary/aromatic N) is 2. The van der Waals surface area contributed by atoms with E-state index in [2.05, 4.69) is 0 Å². The highest BCUT2D eigenvalue weighted by Gasteiger charge is 2.32. The zero-order valence-corrected chi connectivity index (χ0v) is 19.7. The topological polar surface area (TPSA) is 96.4 Å². The first kappa shape index (κ1) is 25.9. The minimum atomic E-state index is -0.777. The van der Waals surface area contributed by atoms with Gasteiger partial charge in [0, 0.05) is 32.4 Å². The lowest BCUT2D eigenvalue weighted by Crippen LogP contribution is -2.36. The predicted molar refractivity (Wildman–Crippen MR) is 126 cm³/mol. The van der Waals surface area contributed by atoms with Gasteiger partial charge in [0.1, 0.15) is 17.7 Å². The van der Waals surface area contributed by atoms with Gasteiger partial charge in [-0.05, 0) is 50.3 Å². The van der Waals surface area contributed by atoms with Crippen LogP contribution in [0.4, 0.5) is 20.6 Å². The number of hydrogen-bond donors (Lipinski definition) is 1. The maximum absolute atomic E-state index is 14.7. The van der Waals surface area contributed by atoms with Gasteiger partial charge in [0.2, 0.25) is 0 Å². The van der Waals surface area contributed by atoms with E-state index in [0.717, 1.165) is 32.1 Å². The van der Waals surface area contributed by atoms with Crippen LogP contribution in [-0.2, 0) is 19.1 Å². The van der Waals surface area contributed by atoms with Crippen LogP contribution in [0, 0.1) is 5.82 Å². The molecule has 0 aliphatic carbocycles. The van der Waals surface area contributed by atoms with Gasteiger partial charge in [-0.1, -0.05) is 12.8 Å². The van der Waals surface area contributed by atoms with Crippen LogP contribution in [0.15, 0.2) is 18.2 Å². The van der Waals surface area contributed by atoms with Crippen molar-refractivity contribution in [2.45, 2.75) is 70.3 Å². The van der Waals surface area contributed by atoms with Gasteiger partial charge in [0.05, 0.1) is 31.1 Å². The molecule has 1 atom stereocenters. The van der Waals surface area contributed by atoms with Crippen molar-refractivity contribution in [2.24, 2.45) is 0 Å². The van der Waals surface area contributed by atoms with Crippen molar-refractivity contribution >= 4 is 29.2 Å². The number of carboxylic acids is 1. The van der Waals surface area contributed by atoms with E-state index in [9.17, 15) is 18.8 Å². The number of morpholine rings is 1. The number of benzene rings is 1. The van der Waals surface area contributed by atoms with Crippen molar-refractivity contribution in [2.75, 3.05) is 42.6 Å². The van der Waals surface area contributed by atoms with E-state index in [1.165, 1.54) is 11.0 Å². The van der Waals surface area contributed by atoms with Crippen LogP contribution < -0.4 is 9.80 Å². The average Bonchev–Trinajstić information content (AvgIpc) is 3.19. The second-order valence-corrected chi connectivity index (χ2v) is 8.94. The molecule has 2 aliphatic rings. The Labute approximate surface area is 200 Å². The molecule has 0 unspecified atom stereocenters. The fourth-order valence-electron chi connectivity index (χ4n) is 4.38. The molecule has 9 heteroatoms. The second-order valence-electron chi connectivity index (χ2n) is 8.94. The summed E-state index contributed by atoms with van der Waals surface area (Å²) in [5.41, 5.74) is 1.00. The number of carbonyl (C=O) groups excluding carboxylic acids is 2. The first-order chi connectivity index (χ1) is 16.4. The Kier molecular flexibility index (Phi) is 10.1. The van der Waals surface area contributed by atoms with Crippen LogP contribution in [0.2, 0.25) is 0 Å². The third-order valence-corrected chi connectivity index (χ3v) is 6.30. The lowest BCUT2D eigenvalue weighted by Gasteiger charge is -2.29. The fourth-order valence-corrected chi connectivity index (χ4v) is 4.38. The van der Waals surface area contributed by atoms with Gasteiger partial charge in [-0.3, -0.25) is 14.5 Å². The van der Waals surface area contributed by atoms with E-state index in [0.29, 0.717) is 69.9 Å². The van der Waals surface area contributed by atoms with Crippen molar-refractivity contribution in [3.8, 4) is 0 Å². The summed E-state index contributed by atoms with van der Waals surface area (Å²) in [5.74, 6) is -0.920. The average molecular weight is 479 g/mol. The number of carbonyl (C=O) groups is 3. The predicted octanol–water partition coefficient (Wildman–Crippen LogP) is 4.54. The lowest BCUT2D eigenvalue weighted by molar-refractivity contribution is -0.137. The van der Waals surface area contributed by atoms with Gasteiger partial charge in [-0.2, -0.15) is 0 Å². The Bertz CT molecular complexity index is 843. The summed E-state index contributed by atoms with van der Waals surface area (Å²) in [7, 11) is 0. The van der Waals surface area contributed by atoms with Crippen molar-refractivity contribution in [3.05, 3.63) is 24.0 Å². The highest BCUT2D eigenvalue weighted by molar-refractivity contribution is 5.90. The Morgan fingerprint density at radius 2 is 1.68 bits per heavy atom. The van der Waals surface area contributed by atoms with E-state index >= 15 is 0 Å². The molecule has 0 saturated carbocycles. The minimum absolute atomic E-state index is 0.186. The number of rotatable bonds is 14. The largest absolute Gasteiger partial charge is 0.481 e. The number of unbranched alkanes of at least 4 members (excludes halogenated alkanes) is 4. The van der Waals surface area contributed by atoms with Crippen LogP contribution in [0.1, 0.15) is 64.2 Å².